The standard InChI is InChI=1S/C28H53NO3Si2/c1-19(29-30-4)23-13-14-24-22-12-11-20-17-21(31-33(5,6)7)15-16-27(20,2)26(22)25(18-28(23,24)3)32-34(8,9)10/h20-26H,11-18H2,1-10H3/t20-,21-,22?,23+,24?,25-,26?,27-,28+/m0/s1. The van der Waals surface area contributed by atoms with Gasteiger partial charge in [-0.15, -0.1) is 0 Å². The summed E-state index contributed by atoms with van der Waals surface area (Å²) in [5.41, 5.74) is 1.86. The first-order chi connectivity index (χ1) is 15.7. The van der Waals surface area contributed by atoms with Crippen LogP contribution < -0.4 is 0 Å². The number of hydrogen-bond donors (Lipinski definition) is 0. The molecule has 6 heteroatoms. The summed E-state index contributed by atoms with van der Waals surface area (Å²) < 4.78 is 13.8. The third-order valence-corrected chi connectivity index (χ3v) is 12.3. The maximum atomic E-state index is 7.17. The molecule has 196 valence electrons. The maximum absolute atomic E-state index is 7.17. The minimum Gasteiger partial charge on any atom is -0.415 e. The minimum atomic E-state index is -1.67. The fourth-order valence-electron chi connectivity index (χ4n) is 9.37. The molecule has 0 bridgehead atoms. The normalized spacial score (nSPS) is 45.4. The predicted octanol–water partition coefficient (Wildman–Crippen LogP) is 7.72. The van der Waals surface area contributed by atoms with E-state index in [1.165, 1.54) is 57.1 Å². The van der Waals surface area contributed by atoms with Crippen LogP contribution in [-0.4, -0.2) is 41.7 Å². The molecular formula is C28H53NO3Si2. The van der Waals surface area contributed by atoms with Crippen LogP contribution in [0, 0.1) is 40.4 Å². The lowest BCUT2D eigenvalue weighted by Gasteiger charge is -2.64. The van der Waals surface area contributed by atoms with Gasteiger partial charge in [0.1, 0.15) is 7.11 Å². The van der Waals surface area contributed by atoms with Crippen LogP contribution in [0.3, 0.4) is 0 Å². The second-order valence-electron chi connectivity index (χ2n) is 14.7. The molecule has 4 fully saturated rings. The second kappa shape index (κ2) is 9.29. The Balaban J connectivity index is 1.66. The Kier molecular flexibility index (Phi) is 7.34. The number of rotatable bonds is 6. The van der Waals surface area contributed by atoms with Gasteiger partial charge >= 0.3 is 0 Å². The van der Waals surface area contributed by atoms with Crippen LogP contribution >= 0.6 is 0 Å². The zero-order valence-electron chi connectivity index (χ0n) is 23.9. The molecule has 0 aromatic heterocycles. The van der Waals surface area contributed by atoms with Crippen molar-refractivity contribution in [2.45, 2.75) is 124 Å². The van der Waals surface area contributed by atoms with E-state index in [-0.39, 0.29) is 5.41 Å². The van der Waals surface area contributed by atoms with Crippen LogP contribution in [0.5, 0.6) is 0 Å². The second-order valence-corrected chi connectivity index (χ2v) is 23.6. The summed E-state index contributed by atoms with van der Waals surface area (Å²) >= 11 is 0. The SMILES string of the molecule is CON=C(C)[C@H]1CCC2C3CC[C@H]4C[C@@H](O[Si](C)(C)C)CC[C@]4(C)C3[C@@H](O[Si](C)(C)C)C[C@@]21C. The summed E-state index contributed by atoms with van der Waals surface area (Å²) in [6, 6.07) is 0. The molecule has 4 saturated carbocycles. The molecule has 0 spiro atoms. The Morgan fingerprint density at radius 2 is 1.53 bits per heavy atom. The number of fused-ring (bicyclic) bond motifs is 5. The van der Waals surface area contributed by atoms with Gasteiger partial charge in [0.25, 0.3) is 0 Å². The third-order valence-electron chi connectivity index (χ3n) is 10.3. The molecular weight excluding hydrogens is 454 g/mol. The van der Waals surface area contributed by atoms with Gasteiger partial charge < -0.3 is 13.7 Å². The zero-order chi connectivity index (χ0) is 25.1. The smallest absolute Gasteiger partial charge is 0.184 e. The van der Waals surface area contributed by atoms with Gasteiger partial charge in [-0.25, -0.2) is 0 Å². The molecule has 0 heterocycles. The van der Waals surface area contributed by atoms with E-state index in [1.54, 1.807) is 7.11 Å². The fraction of sp³-hybridized carbons (Fsp3) is 0.964. The van der Waals surface area contributed by atoms with Crippen molar-refractivity contribution < 1.29 is 13.7 Å². The summed E-state index contributed by atoms with van der Waals surface area (Å²) in [7, 11) is -1.48. The summed E-state index contributed by atoms with van der Waals surface area (Å²) in [5, 5.41) is 4.44. The average molecular weight is 508 g/mol. The highest BCUT2D eigenvalue weighted by Gasteiger charge is 2.64. The quantitative estimate of drug-likeness (QED) is 0.210. The Morgan fingerprint density at radius 3 is 2.15 bits per heavy atom. The van der Waals surface area contributed by atoms with Gasteiger partial charge in [0.2, 0.25) is 0 Å². The van der Waals surface area contributed by atoms with E-state index in [0.29, 0.717) is 29.5 Å². The molecule has 3 unspecified atom stereocenters. The van der Waals surface area contributed by atoms with Crippen LogP contribution in [0.4, 0.5) is 0 Å². The third kappa shape index (κ3) is 4.99. The highest BCUT2D eigenvalue weighted by Crippen LogP contribution is 2.68. The molecule has 34 heavy (non-hydrogen) atoms. The lowest BCUT2D eigenvalue weighted by Crippen LogP contribution is -2.61. The van der Waals surface area contributed by atoms with Crippen LogP contribution in [0.25, 0.3) is 0 Å². The number of nitrogens with zero attached hydrogens (tertiary/aromatic N) is 1. The highest BCUT2D eigenvalue weighted by molar-refractivity contribution is 6.70. The number of hydrogen-bond acceptors (Lipinski definition) is 4. The average Bonchev–Trinajstić information content (AvgIpc) is 3.02. The fourth-order valence-corrected chi connectivity index (χ4v) is 11.7. The topological polar surface area (TPSA) is 40.0 Å². The first-order valence-corrected chi connectivity index (χ1v) is 20.9. The highest BCUT2D eigenvalue weighted by atomic mass is 28.4. The van der Waals surface area contributed by atoms with E-state index >= 15 is 0 Å². The molecule has 0 aromatic rings. The van der Waals surface area contributed by atoms with Crippen molar-refractivity contribution in [3.8, 4) is 0 Å². The van der Waals surface area contributed by atoms with Crippen molar-refractivity contribution in [3.63, 3.8) is 0 Å². The summed E-state index contributed by atoms with van der Waals surface area (Å²) in [5.74, 6) is 3.59. The first kappa shape index (κ1) is 26.9. The molecule has 4 nitrogen and oxygen atoms in total. The molecule has 0 amide bonds. The van der Waals surface area contributed by atoms with Crippen molar-refractivity contribution >= 4 is 22.3 Å². The lowest BCUT2D eigenvalue weighted by atomic mass is 9.44. The molecule has 0 saturated heterocycles. The molecule has 0 radical (unpaired) electrons. The van der Waals surface area contributed by atoms with Crippen molar-refractivity contribution in [1.82, 2.24) is 0 Å². The monoisotopic (exact) mass is 507 g/mol. The molecule has 4 aliphatic rings. The van der Waals surface area contributed by atoms with Gasteiger partial charge in [-0.1, -0.05) is 19.0 Å². The van der Waals surface area contributed by atoms with Crippen LogP contribution in [0.15, 0.2) is 5.16 Å². The van der Waals surface area contributed by atoms with Gasteiger partial charge in [-0.2, -0.15) is 0 Å². The summed E-state index contributed by atoms with van der Waals surface area (Å²) in [6.45, 7) is 21.7. The van der Waals surface area contributed by atoms with E-state index in [0.717, 1.165) is 17.8 Å². The Bertz CT molecular complexity index is 775. The van der Waals surface area contributed by atoms with Gasteiger partial charge in [0, 0.05) is 18.1 Å². The van der Waals surface area contributed by atoms with E-state index in [1.807, 2.05) is 0 Å². The minimum absolute atomic E-state index is 0.277. The molecule has 0 aliphatic heterocycles. The van der Waals surface area contributed by atoms with Gasteiger partial charge in [0.15, 0.2) is 16.6 Å². The Hall–Kier alpha value is -0.176. The summed E-state index contributed by atoms with van der Waals surface area (Å²) in [6.07, 6.45) is 11.3. The van der Waals surface area contributed by atoms with Crippen molar-refractivity contribution in [1.29, 1.82) is 0 Å². The Labute approximate surface area is 212 Å². The number of oxime groups is 1. The van der Waals surface area contributed by atoms with Gasteiger partial charge in [0.05, 0.1) is 5.71 Å². The predicted molar refractivity (Wildman–Crippen MR) is 147 cm³/mol. The van der Waals surface area contributed by atoms with E-state index < -0.39 is 16.6 Å². The van der Waals surface area contributed by atoms with Crippen molar-refractivity contribution in [2.75, 3.05) is 7.11 Å². The maximum Gasteiger partial charge on any atom is 0.184 e. The van der Waals surface area contributed by atoms with E-state index in [9.17, 15) is 0 Å². The van der Waals surface area contributed by atoms with Crippen LogP contribution in [0.1, 0.15) is 72.1 Å². The largest absolute Gasteiger partial charge is 0.415 e. The van der Waals surface area contributed by atoms with Crippen molar-refractivity contribution in [2.24, 2.45) is 45.6 Å². The van der Waals surface area contributed by atoms with Gasteiger partial charge in [-0.05, 0) is 132 Å². The summed E-state index contributed by atoms with van der Waals surface area (Å²) in [4.78, 5) is 5.24. The van der Waals surface area contributed by atoms with E-state index in [2.05, 4.69) is 65.2 Å². The molecule has 0 N–H and O–H groups in total. The lowest BCUT2D eigenvalue weighted by molar-refractivity contribution is -0.168. The van der Waals surface area contributed by atoms with E-state index in [4.69, 9.17) is 13.7 Å². The molecule has 4 rings (SSSR count). The molecule has 9 atom stereocenters. The van der Waals surface area contributed by atoms with Crippen molar-refractivity contribution in [3.05, 3.63) is 0 Å². The Morgan fingerprint density at radius 1 is 0.853 bits per heavy atom. The van der Waals surface area contributed by atoms with Crippen LogP contribution in [0.2, 0.25) is 39.3 Å². The molecule has 0 aromatic carbocycles. The first-order valence-electron chi connectivity index (χ1n) is 14.1. The van der Waals surface area contributed by atoms with Gasteiger partial charge in [-0.3, -0.25) is 0 Å². The zero-order valence-corrected chi connectivity index (χ0v) is 25.9. The molecule has 4 aliphatic carbocycles. The van der Waals surface area contributed by atoms with Crippen LogP contribution in [-0.2, 0) is 13.7 Å².